The Hall–Kier alpha value is -0.920. The van der Waals surface area contributed by atoms with Crippen LogP contribution in [0.15, 0.2) is 12.4 Å². The molecular weight excluding hydrogens is 240 g/mol. The SMILES string of the molecule is CC(NCCS(=O)(=O)N(C)C)c1nccn1C. The van der Waals surface area contributed by atoms with Gasteiger partial charge in [-0.15, -0.1) is 0 Å². The average Bonchev–Trinajstić information content (AvgIpc) is 2.63. The van der Waals surface area contributed by atoms with Crippen LogP contribution in [0.25, 0.3) is 0 Å². The van der Waals surface area contributed by atoms with Gasteiger partial charge in [0.25, 0.3) is 0 Å². The van der Waals surface area contributed by atoms with Crippen molar-refractivity contribution in [3.63, 3.8) is 0 Å². The van der Waals surface area contributed by atoms with E-state index in [1.165, 1.54) is 18.4 Å². The van der Waals surface area contributed by atoms with Crippen LogP contribution in [0.5, 0.6) is 0 Å². The highest BCUT2D eigenvalue weighted by atomic mass is 32.2. The van der Waals surface area contributed by atoms with Crippen LogP contribution in [0.2, 0.25) is 0 Å². The molecule has 0 amide bonds. The highest BCUT2D eigenvalue weighted by Gasteiger charge is 2.15. The third-order valence-corrected chi connectivity index (χ3v) is 4.45. The number of rotatable bonds is 6. The molecule has 1 rings (SSSR count). The van der Waals surface area contributed by atoms with Gasteiger partial charge in [0.2, 0.25) is 10.0 Å². The summed E-state index contributed by atoms with van der Waals surface area (Å²) in [7, 11) is 1.86. The normalized spacial score (nSPS) is 14.2. The largest absolute Gasteiger partial charge is 0.337 e. The minimum absolute atomic E-state index is 0.0346. The summed E-state index contributed by atoms with van der Waals surface area (Å²) in [6, 6.07) is 0.0346. The number of hydrogen-bond donors (Lipinski definition) is 1. The van der Waals surface area contributed by atoms with E-state index in [2.05, 4.69) is 10.3 Å². The molecule has 1 aromatic rings. The number of aryl methyl sites for hydroxylation is 1. The summed E-state index contributed by atoms with van der Waals surface area (Å²) in [5.74, 6) is 0.988. The van der Waals surface area contributed by atoms with Gasteiger partial charge < -0.3 is 9.88 Å². The van der Waals surface area contributed by atoms with Crippen LogP contribution in [0.3, 0.4) is 0 Å². The molecule has 98 valence electrons. The van der Waals surface area contributed by atoms with E-state index in [1.54, 1.807) is 6.20 Å². The number of nitrogens with zero attached hydrogens (tertiary/aromatic N) is 3. The first-order valence-corrected chi connectivity index (χ1v) is 7.06. The molecular formula is C10H20N4O2S. The second-order valence-electron chi connectivity index (χ2n) is 4.17. The van der Waals surface area contributed by atoms with Gasteiger partial charge >= 0.3 is 0 Å². The lowest BCUT2D eigenvalue weighted by atomic mass is 10.3. The number of hydrogen-bond acceptors (Lipinski definition) is 4. The van der Waals surface area contributed by atoms with E-state index in [4.69, 9.17) is 0 Å². The first kappa shape index (κ1) is 14.1. The van der Waals surface area contributed by atoms with Crippen LogP contribution in [-0.4, -0.2) is 48.7 Å². The summed E-state index contributed by atoms with van der Waals surface area (Å²) >= 11 is 0. The van der Waals surface area contributed by atoms with Crippen molar-refractivity contribution < 1.29 is 8.42 Å². The molecule has 0 radical (unpaired) electrons. The minimum Gasteiger partial charge on any atom is -0.337 e. The fourth-order valence-electron chi connectivity index (χ4n) is 1.47. The zero-order valence-corrected chi connectivity index (χ0v) is 11.5. The van der Waals surface area contributed by atoms with E-state index in [0.29, 0.717) is 6.54 Å². The van der Waals surface area contributed by atoms with Crippen molar-refractivity contribution in [2.75, 3.05) is 26.4 Å². The van der Waals surface area contributed by atoms with Gasteiger partial charge in [0.15, 0.2) is 0 Å². The Bertz CT molecular complexity index is 453. The quantitative estimate of drug-likeness (QED) is 0.779. The molecule has 0 aliphatic heterocycles. The Labute approximate surface area is 103 Å². The Morgan fingerprint density at radius 2 is 2.18 bits per heavy atom. The van der Waals surface area contributed by atoms with Crippen LogP contribution in [-0.2, 0) is 17.1 Å². The summed E-state index contributed by atoms with van der Waals surface area (Å²) in [6.45, 7) is 2.37. The molecule has 17 heavy (non-hydrogen) atoms. The smallest absolute Gasteiger partial charge is 0.214 e. The van der Waals surface area contributed by atoms with Gasteiger partial charge in [-0.25, -0.2) is 17.7 Å². The van der Waals surface area contributed by atoms with Gasteiger partial charge in [0, 0.05) is 40.1 Å². The second kappa shape index (κ2) is 5.61. The Morgan fingerprint density at radius 3 is 2.65 bits per heavy atom. The summed E-state index contributed by atoms with van der Waals surface area (Å²) in [6.07, 6.45) is 3.59. The van der Waals surface area contributed by atoms with Crippen LogP contribution < -0.4 is 5.32 Å². The molecule has 7 heteroatoms. The molecule has 1 atom stereocenters. The van der Waals surface area contributed by atoms with Gasteiger partial charge in [-0.2, -0.15) is 0 Å². The molecule has 0 aliphatic carbocycles. The molecule has 0 spiro atoms. The highest BCUT2D eigenvalue weighted by Crippen LogP contribution is 2.07. The fourth-order valence-corrected chi connectivity index (χ4v) is 2.21. The Balaban J connectivity index is 2.45. The molecule has 0 saturated carbocycles. The van der Waals surface area contributed by atoms with Gasteiger partial charge in [0.05, 0.1) is 11.8 Å². The van der Waals surface area contributed by atoms with Crippen molar-refractivity contribution in [3.8, 4) is 0 Å². The number of imidazole rings is 1. The zero-order valence-electron chi connectivity index (χ0n) is 10.7. The van der Waals surface area contributed by atoms with Crippen molar-refractivity contribution in [1.82, 2.24) is 19.2 Å². The van der Waals surface area contributed by atoms with Crippen molar-refractivity contribution in [2.45, 2.75) is 13.0 Å². The molecule has 6 nitrogen and oxygen atoms in total. The van der Waals surface area contributed by atoms with E-state index in [1.807, 2.05) is 24.7 Å². The lowest BCUT2D eigenvalue weighted by Crippen LogP contribution is -2.32. The van der Waals surface area contributed by atoms with E-state index < -0.39 is 10.0 Å². The lowest BCUT2D eigenvalue weighted by molar-refractivity contribution is 0.506. The zero-order chi connectivity index (χ0) is 13.1. The van der Waals surface area contributed by atoms with Gasteiger partial charge in [-0.05, 0) is 6.92 Å². The maximum Gasteiger partial charge on any atom is 0.214 e. The molecule has 1 aromatic heterocycles. The van der Waals surface area contributed by atoms with Crippen molar-refractivity contribution in [1.29, 1.82) is 0 Å². The van der Waals surface area contributed by atoms with Gasteiger partial charge in [0.1, 0.15) is 5.82 Å². The second-order valence-corrected chi connectivity index (χ2v) is 6.47. The fraction of sp³-hybridized carbons (Fsp3) is 0.700. The predicted octanol–water partition coefficient (Wildman–Crippen LogP) is -0.0379. The third kappa shape index (κ3) is 3.79. The molecule has 1 unspecified atom stereocenters. The summed E-state index contributed by atoms with van der Waals surface area (Å²) < 4.78 is 26.2. The van der Waals surface area contributed by atoms with Crippen molar-refractivity contribution in [2.24, 2.45) is 7.05 Å². The van der Waals surface area contributed by atoms with Gasteiger partial charge in [-0.1, -0.05) is 0 Å². The average molecular weight is 260 g/mol. The van der Waals surface area contributed by atoms with E-state index in [0.717, 1.165) is 5.82 Å². The van der Waals surface area contributed by atoms with Crippen molar-refractivity contribution in [3.05, 3.63) is 18.2 Å². The van der Waals surface area contributed by atoms with Crippen LogP contribution >= 0.6 is 0 Å². The molecule has 0 aliphatic rings. The summed E-state index contributed by atoms with van der Waals surface area (Å²) in [4.78, 5) is 4.21. The number of sulfonamides is 1. The first-order chi connectivity index (χ1) is 7.84. The van der Waals surface area contributed by atoms with Crippen molar-refractivity contribution >= 4 is 10.0 Å². The molecule has 0 aromatic carbocycles. The summed E-state index contributed by atoms with van der Waals surface area (Å²) in [5.41, 5.74) is 0. The monoisotopic (exact) mass is 260 g/mol. The van der Waals surface area contributed by atoms with Crippen LogP contribution in [0.1, 0.15) is 18.8 Å². The van der Waals surface area contributed by atoms with E-state index >= 15 is 0 Å². The maximum atomic E-state index is 11.5. The Kier molecular flexibility index (Phi) is 4.67. The number of aromatic nitrogens is 2. The predicted molar refractivity (Wildman–Crippen MR) is 67.1 cm³/mol. The number of nitrogens with one attached hydrogen (secondary N) is 1. The lowest BCUT2D eigenvalue weighted by Gasteiger charge is -2.15. The third-order valence-electron chi connectivity index (χ3n) is 2.61. The van der Waals surface area contributed by atoms with Crippen LogP contribution in [0, 0.1) is 0 Å². The minimum atomic E-state index is -3.13. The van der Waals surface area contributed by atoms with Crippen LogP contribution in [0.4, 0.5) is 0 Å². The van der Waals surface area contributed by atoms with E-state index in [9.17, 15) is 8.42 Å². The molecule has 0 fully saturated rings. The first-order valence-electron chi connectivity index (χ1n) is 5.45. The topological polar surface area (TPSA) is 67.2 Å². The molecule has 0 saturated heterocycles. The molecule has 1 heterocycles. The molecule has 0 bridgehead atoms. The molecule has 1 N–H and O–H groups in total. The summed E-state index contributed by atoms with van der Waals surface area (Å²) in [5, 5.41) is 3.15. The standard InChI is InChI=1S/C10H20N4O2S/c1-9(10-12-5-7-14(10)4)11-6-8-17(15,16)13(2)3/h5,7,9,11H,6,8H2,1-4H3. The Morgan fingerprint density at radius 1 is 1.53 bits per heavy atom. The maximum absolute atomic E-state index is 11.5. The van der Waals surface area contributed by atoms with Gasteiger partial charge in [-0.3, -0.25) is 0 Å². The highest BCUT2D eigenvalue weighted by molar-refractivity contribution is 7.89. The van der Waals surface area contributed by atoms with E-state index in [-0.39, 0.29) is 11.8 Å².